The molecule has 0 aliphatic carbocycles. The van der Waals surface area contributed by atoms with Crippen LogP contribution in [-0.2, 0) is 16.6 Å². The van der Waals surface area contributed by atoms with Gasteiger partial charge in [0, 0.05) is 12.1 Å². The average molecular weight is 295 g/mol. The van der Waals surface area contributed by atoms with E-state index >= 15 is 0 Å². The molecule has 0 unspecified atom stereocenters. The lowest BCUT2D eigenvalue weighted by atomic mass is 10.2. The van der Waals surface area contributed by atoms with E-state index in [9.17, 15) is 8.42 Å². The Balaban J connectivity index is 2.12. The summed E-state index contributed by atoms with van der Waals surface area (Å²) in [6.45, 7) is 3.84. The third-order valence-electron chi connectivity index (χ3n) is 2.97. The molecule has 0 saturated heterocycles. The fraction of sp³-hybridized carbons (Fsp3) is 0.286. The minimum absolute atomic E-state index is 0.205. The largest absolute Gasteiger partial charge is 0.497 e. The molecule has 0 aliphatic heterocycles. The van der Waals surface area contributed by atoms with Crippen molar-refractivity contribution in [2.45, 2.75) is 25.3 Å². The monoisotopic (exact) mass is 295 g/mol. The van der Waals surface area contributed by atoms with Gasteiger partial charge < -0.3 is 9.15 Å². The average Bonchev–Trinajstić information content (AvgIpc) is 2.75. The standard InChI is InChI=1S/C14H17NO4S/c1-10-8-12(11(2)19-10)9-15-20(16,17)14-6-4-13(18-3)5-7-14/h4-8,15H,9H2,1-3H3. The van der Waals surface area contributed by atoms with Gasteiger partial charge in [-0.25, -0.2) is 13.1 Å². The highest BCUT2D eigenvalue weighted by Crippen LogP contribution is 2.17. The van der Waals surface area contributed by atoms with Gasteiger partial charge in [-0.2, -0.15) is 0 Å². The molecule has 1 aromatic heterocycles. The SMILES string of the molecule is COc1ccc(S(=O)(=O)NCc2cc(C)oc2C)cc1. The Kier molecular flexibility index (Phi) is 4.15. The number of nitrogens with one attached hydrogen (secondary N) is 1. The van der Waals surface area contributed by atoms with Crippen LogP contribution in [0.3, 0.4) is 0 Å². The Morgan fingerprint density at radius 3 is 2.35 bits per heavy atom. The second kappa shape index (κ2) is 5.68. The molecule has 0 saturated carbocycles. The van der Waals surface area contributed by atoms with Crippen molar-refractivity contribution >= 4 is 10.0 Å². The summed E-state index contributed by atoms with van der Waals surface area (Å²) in [5.41, 5.74) is 0.833. The molecule has 5 nitrogen and oxygen atoms in total. The van der Waals surface area contributed by atoms with Crippen LogP contribution in [0.4, 0.5) is 0 Å². The highest BCUT2D eigenvalue weighted by atomic mass is 32.2. The highest BCUT2D eigenvalue weighted by Gasteiger charge is 2.15. The first-order chi connectivity index (χ1) is 9.42. The number of ether oxygens (including phenoxy) is 1. The van der Waals surface area contributed by atoms with Crippen LogP contribution in [0.2, 0.25) is 0 Å². The van der Waals surface area contributed by atoms with Gasteiger partial charge >= 0.3 is 0 Å². The Morgan fingerprint density at radius 1 is 1.20 bits per heavy atom. The number of furan rings is 1. The molecule has 2 aromatic rings. The van der Waals surface area contributed by atoms with Crippen molar-refractivity contribution in [2.24, 2.45) is 0 Å². The fourth-order valence-corrected chi connectivity index (χ4v) is 2.88. The van der Waals surface area contributed by atoms with Gasteiger partial charge in [0.25, 0.3) is 0 Å². The first kappa shape index (κ1) is 14.6. The Labute approximate surface area is 118 Å². The summed E-state index contributed by atoms with van der Waals surface area (Å²) < 4.78 is 37.2. The molecular weight excluding hydrogens is 278 g/mol. The molecule has 1 N–H and O–H groups in total. The zero-order valence-corrected chi connectivity index (χ0v) is 12.5. The maximum atomic E-state index is 12.1. The maximum absolute atomic E-state index is 12.1. The molecule has 0 aliphatic rings. The smallest absolute Gasteiger partial charge is 0.240 e. The van der Waals surface area contributed by atoms with Crippen LogP contribution in [0.25, 0.3) is 0 Å². The first-order valence-electron chi connectivity index (χ1n) is 6.12. The maximum Gasteiger partial charge on any atom is 0.240 e. The lowest BCUT2D eigenvalue weighted by Gasteiger charge is -2.07. The molecule has 0 radical (unpaired) electrons. The highest BCUT2D eigenvalue weighted by molar-refractivity contribution is 7.89. The van der Waals surface area contributed by atoms with Crippen molar-refractivity contribution in [1.82, 2.24) is 4.72 Å². The van der Waals surface area contributed by atoms with Gasteiger partial charge in [0.1, 0.15) is 17.3 Å². The number of hydrogen-bond donors (Lipinski definition) is 1. The van der Waals surface area contributed by atoms with Crippen molar-refractivity contribution in [2.75, 3.05) is 7.11 Å². The summed E-state index contributed by atoms with van der Waals surface area (Å²) in [6.07, 6.45) is 0. The number of methoxy groups -OCH3 is 1. The van der Waals surface area contributed by atoms with Crippen LogP contribution in [0, 0.1) is 13.8 Å². The summed E-state index contributed by atoms with van der Waals surface area (Å²) in [5.74, 6) is 2.10. The van der Waals surface area contributed by atoms with Crippen LogP contribution in [0.15, 0.2) is 39.6 Å². The number of aryl methyl sites for hydroxylation is 2. The molecule has 108 valence electrons. The lowest BCUT2D eigenvalue weighted by molar-refractivity contribution is 0.414. The van der Waals surface area contributed by atoms with E-state index in [1.165, 1.54) is 19.2 Å². The number of rotatable bonds is 5. The van der Waals surface area contributed by atoms with E-state index in [1.807, 2.05) is 19.9 Å². The van der Waals surface area contributed by atoms with E-state index in [2.05, 4.69) is 4.72 Å². The second-order valence-electron chi connectivity index (χ2n) is 4.44. The van der Waals surface area contributed by atoms with Crippen molar-refractivity contribution < 1.29 is 17.6 Å². The summed E-state index contributed by atoms with van der Waals surface area (Å²) in [6, 6.07) is 8.07. The van der Waals surface area contributed by atoms with Crippen LogP contribution in [-0.4, -0.2) is 15.5 Å². The number of sulfonamides is 1. The Morgan fingerprint density at radius 2 is 1.85 bits per heavy atom. The van der Waals surface area contributed by atoms with E-state index in [0.29, 0.717) is 5.75 Å². The van der Waals surface area contributed by atoms with Crippen LogP contribution >= 0.6 is 0 Å². The lowest BCUT2D eigenvalue weighted by Crippen LogP contribution is -2.23. The number of hydrogen-bond acceptors (Lipinski definition) is 4. The molecule has 6 heteroatoms. The van der Waals surface area contributed by atoms with Crippen LogP contribution in [0.1, 0.15) is 17.1 Å². The summed E-state index contributed by atoms with van der Waals surface area (Å²) in [5, 5.41) is 0. The van der Waals surface area contributed by atoms with Crippen LogP contribution < -0.4 is 9.46 Å². The zero-order chi connectivity index (χ0) is 14.8. The molecule has 0 atom stereocenters. The molecule has 2 rings (SSSR count). The zero-order valence-electron chi connectivity index (χ0n) is 11.6. The predicted octanol–water partition coefficient (Wildman–Crippen LogP) is 2.38. The number of benzene rings is 1. The van der Waals surface area contributed by atoms with Gasteiger partial charge in [-0.1, -0.05) is 0 Å². The van der Waals surface area contributed by atoms with Crippen molar-refractivity contribution in [3.8, 4) is 5.75 Å². The Hall–Kier alpha value is -1.79. The van der Waals surface area contributed by atoms with Crippen molar-refractivity contribution in [3.05, 3.63) is 47.4 Å². The molecule has 1 aromatic carbocycles. The van der Waals surface area contributed by atoms with E-state index in [-0.39, 0.29) is 11.4 Å². The van der Waals surface area contributed by atoms with Crippen molar-refractivity contribution in [3.63, 3.8) is 0 Å². The fourth-order valence-electron chi connectivity index (χ4n) is 1.87. The quantitative estimate of drug-likeness (QED) is 0.919. The van der Waals surface area contributed by atoms with Gasteiger partial charge in [0.2, 0.25) is 10.0 Å². The molecule has 0 fully saturated rings. The van der Waals surface area contributed by atoms with Gasteiger partial charge in [-0.3, -0.25) is 0 Å². The normalized spacial score (nSPS) is 11.6. The predicted molar refractivity (Wildman–Crippen MR) is 75.2 cm³/mol. The molecule has 0 spiro atoms. The molecule has 1 heterocycles. The molecule has 0 amide bonds. The van der Waals surface area contributed by atoms with Crippen molar-refractivity contribution in [1.29, 1.82) is 0 Å². The first-order valence-corrected chi connectivity index (χ1v) is 7.60. The van der Waals surface area contributed by atoms with Crippen LogP contribution in [0.5, 0.6) is 5.75 Å². The summed E-state index contributed by atoms with van der Waals surface area (Å²) >= 11 is 0. The summed E-state index contributed by atoms with van der Waals surface area (Å²) in [7, 11) is -2.00. The minimum atomic E-state index is -3.54. The van der Waals surface area contributed by atoms with Gasteiger partial charge in [0.15, 0.2) is 0 Å². The topological polar surface area (TPSA) is 68.5 Å². The van der Waals surface area contributed by atoms with E-state index < -0.39 is 10.0 Å². The third-order valence-corrected chi connectivity index (χ3v) is 4.38. The molecule has 0 bridgehead atoms. The van der Waals surface area contributed by atoms with Gasteiger partial charge in [-0.15, -0.1) is 0 Å². The minimum Gasteiger partial charge on any atom is -0.497 e. The Bertz CT molecular complexity index is 686. The third kappa shape index (κ3) is 3.20. The van der Waals surface area contributed by atoms with E-state index in [1.54, 1.807) is 12.1 Å². The van der Waals surface area contributed by atoms with Gasteiger partial charge in [-0.05, 0) is 44.2 Å². The van der Waals surface area contributed by atoms with Gasteiger partial charge in [0.05, 0.1) is 12.0 Å². The second-order valence-corrected chi connectivity index (χ2v) is 6.21. The van der Waals surface area contributed by atoms with E-state index in [4.69, 9.17) is 9.15 Å². The molecule has 20 heavy (non-hydrogen) atoms. The summed E-state index contributed by atoms with van der Waals surface area (Å²) in [4.78, 5) is 0.205. The molecular formula is C14H17NO4S. The van der Waals surface area contributed by atoms with E-state index in [0.717, 1.165) is 17.1 Å².